The van der Waals surface area contributed by atoms with E-state index in [1.807, 2.05) is 25.7 Å². The smallest absolute Gasteiger partial charge is 0.410 e. The van der Waals surface area contributed by atoms with E-state index in [0.717, 1.165) is 25.9 Å². The molecular weight excluding hydrogens is 336 g/mol. The zero-order valence-electron chi connectivity index (χ0n) is 16.6. The molecule has 5 nitrogen and oxygen atoms in total. The zero-order valence-corrected chi connectivity index (χ0v) is 17.4. The highest BCUT2D eigenvalue weighted by molar-refractivity contribution is 7.99. The molecule has 1 amide bonds. The van der Waals surface area contributed by atoms with Gasteiger partial charge in [-0.15, -0.1) is 0 Å². The highest BCUT2D eigenvalue weighted by Crippen LogP contribution is 2.32. The number of amides is 1. The normalized spacial score (nSPS) is 31.0. The van der Waals surface area contributed by atoms with Crippen molar-refractivity contribution in [2.45, 2.75) is 70.3 Å². The van der Waals surface area contributed by atoms with Crippen LogP contribution >= 0.6 is 11.8 Å². The highest BCUT2D eigenvalue weighted by Gasteiger charge is 2.39. The van der Waals surface area contributed by atoms with Gasteiger partial charge in [-0.05, 0) is 52.2 Å². The standard InChI is InChI=1S/C19H36N2O3S/c1-15-16(8-6-11-25-15)20-12-19(14-23-5)9-7-10-21(13-19)17(22)24-18(2,3)4/h15-16,20H,6-14H2,1-5H3. The van der Waals surface area contributed by atoms with Crippen LogP contribution in [-0.4, -0.2) is 67.0 Å². The van der Waals surface area contributed by atoms with Crippen molar-refractivity contribution in [1.82, 2.24) is 10.2 Å². The van der Waals surface area contributed by atoms with Gasteiger partial charge in [0.2, 0.25) is 0 Å². The Morgan fingerprint density at radius 1 is 1.36 bits per heavy atom. The van der Waals surface area contributed by atoms with Crippen LogP contribution in [0.4, 0.5) is 4.79 Å². The fourth-order valence-electron chi connectivity index (χ4n) is 3.85. The Morgan fingerprint density at radius 2 is 2.12 bits per heavy atom. The molecule has 0 aromatic rings. The molecule has 0 aromatic carbocycles. The lowest BCUT2D eigenvalue weighted by atomic mass is 9.80. The van der Waals surface area contributed by atoms with E-state index in [1.54, 1.807) is 7.11 Å². The third-order valence-corrected chi connectivity index (χ3v) is 6.49. The molecular formula is C19H36N2O3S. The number of piperidine rings is 1. The first-order valence-corrected chi connectivity index (χ1v) is 10.6. The fourth-order valence-corrected chi connectivity index (χ4v) is 5.02. The molecule has 3 unspecified atom stereocenters. The first kappa shape index (κ1) is 20.8. The Hall–Kier alpha value is -0.460. The molecule has 1 N–H and O–H groups in total. The van der Waals surface area contributed by atoms with Crippen LogP contribution in [0.5, 0.6) is 0 Å². The summed E-state index contributed by atoms with van der Waals surface area (Å²) in [6.45, 7) is 11.1. The monoisotopic (exact) mass is 372 g/mol. The quantitative estimate of drug-likeness (QED) is 0.800. The Kier molecular flexibility index (Phi) is 7.47. The minimum absolute atomic E-state index is 0.0221. The van der Waals surface area contributed by atoms with Crippen molar-refractivity contribution in [3.8, 4) is 0 Å². The van der Waals surface area contributed by atoms with Crippen molar-refractivity contribution >= 4 is 17.9 Å². The van der Waals surface area contributed by atoms with E-state index in [-0.39, 0.29) is 11.5 Å². The minimum atomic E-state index is -0.453. The third-order valence-electron chi connectivity index (χ3n) is 5.11. The van der Waals surface area contributed by atoms with Gasteiger partial charge in [-0.3, -0.25) is 0 Å². The molecule has 2 aliphatic rings. The van der Waals surface area contributed by atoms with Gasteiger partial charge in [0.25, 0.3) is 0 Å². The van der Waals surface area contributed by atoms with Gasteiger partial charge in [-0.25, -0.2) is 4.79 Å². The SMILES string of the molecule is COCC1(CNC2CCCSC2C)CCCN(C(=O)OC(C)(C)C)C1. The lowest BCUT2D eigenvalue weighted by Gasteiger charge is -2.44. The number of nitrogens with one attached hydrogen (secondary N) is 1. The van der Waals surface area contributed by atoms with Crippen molar-refractivity contribution in [1.29, 1.82) is 0 Å². The van der Waals surface area contributed by atoms with E-state index >= 15 is 0 Å². The Balaban J connectivity index is 1.98. The highest BCUT2D eigenvalue weighted by atomic mass is 32.2. The van der Waals surface area contributed by atoms with Crippen molar-refractivity contribution < 1.29 is 14.3 Å². The number of ether oxygens (including phenoxy) is 2. The van der Waals surface area contributed by atoms with E-state index in [2.05, 4.69) is 24.0 Å². The fraction of sp³-hybridized carbons (Fsp3) is 0.947. The summed E-state index contributed by atoms with van der Waals surface area (Å²) in [6, 6.07) is 0.560. The summed E-state index contributed by atoms with van der Waals surface area (Å²) in [5.41, 5.74) is -0.475. The number of carbonyl (C=O) groups excluding carboxylic acids is 1. The summed E-state index contributed by atoms with van der Waals surface area (Å²) in [7, 11) is 1.76. The average molecular weight is 373 g/mol. The van der Waals surface area contributed by atoms with Crippen molar-refractivity contribution in [3.05, 3.63) is 0 Å². The molecule has 0 radical (unpaired) electrons. The van der Waals surface area contributed by atoms with E-state index < -0.39 is 5.60 Å². The molecule has 0 spiro atoms. The lowest BCUT2D eigenvalue weighted by Crippen LogP contribution is -2.55. The number of likely N-dealkylation sites (tertiary alicyclic amines) is 1. The predicted molar refractivity (Wildman–Crippen MR) is 104 cm³/mol. The van der Waals surface area contributed by atoms with Crippen LogP contribution in [0.1, 0.15) is 53.4 Å². The summed E-state index contributed by atoms with van der Waals surface area (Å²) in [5, 5.41) is 4.45. The van der Waals surface area contributed by atoms with Crippen molar-refractivity contribution in [2.75, 3.05) is 39.1 Å². The van der Waals surface area contributed by atoms with E-state index in [0.29, 0.717) is 24.4 Å². The molecule has 0 aliphatic carbocycles. The first-order valence-electron chi connectivity index (χ1n) is 9.57. The largest absolute Gasteiger partial charge is 0.444 e. The first-order chi connectivity index (χ1) is 11.7. The van der Waals surface area contributed by atoms with Gasteiger partial charge in [0.05, 0.1) is 6.61 Å². The number of nitrogens with zero attached hydrogens (tertiary/aromatic N) is 1. The summed E-state index contributed by atoms with van der Waals surface area (Å²) in [6.07, 6.45) is 4.41. The van der Waals surface area contributed by atoms with Gasteiger partial charge in [0.15, 0.2) is 0 Å². The molecule has 2 fully saturated rings. The molecule has 0 bridgehead atoms. The van der Waals surface area contributed by atoms with E-state index in [9.17, 15) is 4.79 Å². The van der Waals surface area contributed by atoms with Crippen LogP contribution in [0.15, 0.2) is 0 Å². The second-order valence-electron chi connectivity index (χ2n) is 8.64. The Bertz CT molecular complexity index is 437. The number of carbonyl (C=O) groups is 1. The van der Waals surface area contributed by atoms with Crippen LogP contribution in [0.25, 0.3) is 0 Å². The van der Waals surface area contributed by atoms with Crippen molar-refractivity contribution in [3.63, 3.8) is 0 Å². The third kappa shape index (κ3) is 6.33. The molecule has 6 heteroatoms. The van der Waals surface area contributed by atoms with Crippen LogP contribution in [0, 0.1) is 5.41 Å². The molecule has 2 rings (SSSR count). The van der Waals surface area contributed by atoms with Gasteiger partial charge < -0.3 is 19.7 Å². The summed E-state index contributed by atoms with van der Waals surface area (Å²) >= 11 is 2.06. The topological polar surface area (TPSA) is 50.8 Å². The Labute approximate surface area is 157 Å². The molecule has 0 saturated carbocycles. The van der Waals surface area contributed by atoms with Crippen LogP contribution in [0.2, 0.25) is 0 Å². The zero-order chi connectivity index (χ0) is 18.5. The van der Waals surface area contributed by atoms with Gasteiger partial charge in [-0.1, -0.05) is 6.92 Å². The minimum Gasteiger partial charge on any atom is -0.444 e. The molecule has 2 aliphatic heterocycles. The van der Waals surface area contributed by atoms with Gasteiger partial charge in [0, 0.05) is 43.5 Å². The number of hydrogen-bond acceptors (Lipinski definition) is 5. The van der Waals surface area contributed by atoms with Crippen molar-refractivity contribution in [2.24, 2.45) is 5.41 Å². The molecule has 2 heterocycles. The Morgan fingerprint density at radius 3 is 2.76 bits per heavy atom. The van der Waals surface area contributed by atoms with Crippen LogP contribution < -0.4 is 5.32 Å². The molecule has 3 atom stereocenters. The second kappa shape index (κ2) is 8.96. The molecule has 146 valence electrons. The van der Waals surface area contributed by atoms with Gasteiger partial charge in [0.1, 0.15) is 5.60 Å². The van der Waals surface area contributed by atoms with E-state index in [4.69, 9.17) is 9.47 Å². The number of thioether (sulfide) groups is 1. The number of rotatable bonds is 5. The van der Waals surface area contributed by atoms with Crippen LogP contribution in [0.3, 0.4) is 0 Å². The number of hydrogen-bond donors (Lipinski definition) is 1. The van der Waals surface area contributed by atoms with E-state index in [1.165, 1.54) is 18.6 Å². The summed E-state index contributed by atoms with van der Waals surface area (Å²) in [4.78, 5) is 14.4. The summed E-state index contributed by atoms with van der Waals surface area (Å²) in [5.74, 6) is 1.27. The van der Waals surface area contributed by atoms with Gasteiger partial charge >= 0.3 is 6.09 Å². The maximum Gasteiger partial charge on any atom is 0.410 e. The van der Waals surface area contributed by atoms with Crippen LogP contribution in [-0.2, 0) is 9.47 Å². The van der Waals surface area contributed by atoms with Gasteiger partial charge in [-0.2, -0.15) is 11.8 Å². The molecule has 25 heavy (non-hydrogen) atoms. The maximum absolute atomic E-state index is 12.5. The maximum atomic E-state index is 12.5. The summed E-state index contributed by atoms with van der Waals surface area (Å²) < 4.78 is 11.1. The number of methoxy groups -OCH3 is 1. The second-order valence-corrected chi connectivity index (χ2v) is 10.1. The lowest BCUT2D eigenvalue weighted by molar-refractivity contribution is -0.0162. The predicted octanol–water partition coefficient (Wildman–Crippen LogP) is 3.52. The molecule has 2 saturated heterocycles. The molecule has 0 aromatic heterocycles. The average Bonchev–Trinajstić information content (AvgIpc) is 2.53.